The third-order valence-corrected chi connectivity index (χ3v) is 4.25. The molecule has 1 N–H and O–H groups in total. The molecule has 0 aliphatic carbocycles. The molecule has 0 radical (unpaired) electrons. The Morgan fingerprint density at radius 2 is 2.10 bits per heavy atom. The van der Waals surface area contributed by atoms with E-state index < -0.39 is 0 Å². The van der Waals surface area contributed by atoms with E-state index in [-0.39, 0.29) is 24.2 Å². The number of hydrogen-bond acceptors (Lipinski definition) is 3. The van der Waals surface area contributed by atoms with Crippen molar-refractivity contribution in [3.63, 3.8) is 0 Å². The smallest absolute Gasteiger partial charge is 0.241 e. The molecule has 0 saturated carbocycles. The Bertz CT molecular complexity index is 516. The summed E-state index contributed by atoms with van der Waals surface area (Å²) in [6, 6.07) is 6.42. The SMILES string of the molecule is COCCC(C)N1C(=O)C(C)NC1c1cc(C)ccc1C. The maximum Gasteiger partial charge on any atom is 0.241 e. The third-order valence-electron chi connectivity index (χ3n) is 4.25. The second-order valence-electron chi connectivity index (χ2n) is 6.03. The molecule has 1 saturated heterocycles. The van der Waals surface area contributed by atoms with Crippen LogP contribution in [0.4, 0.5) is 0 Å². The number of hydrogen-bond donors (Lipinski definition) is 1. The summed E-state index contributed by atoms with van der Waals surface area (Å²) >= 11 is 0. The zero-order valence-electron chi connectivity index (χ0n) is 13.6. The Labute approximate surface area is 127 Å². The minimum Gasteiger partial charge on any atom is -0.385 e. The molecular formula is C17H26N2O2. The fourth-order valence-corrected chi connectivity index (χ4v) is 2.93. The lowest BCUT2D eigenvalue weighted by molar-refractivity contribution is -0.132. The van der Waals surface area contributed by atoms with Crippen molar-refractivity contribution in [1.82, 2.24) is 10.2 Å². The van der Waals surface area contributed by atoms with Gasteiger partial charge in [-0.05, 0) is 45.2 Å². The maximum atomic E-state index is 12.5. The van der Waals surface area contributed by atoms with E-state index >= 15 is 0 Å². The van der Waals surface area contributed by atoms with Gasteiger partial charge in [0.25, 0.3) is 0 Å². The number of nitrogens with one attached hydrogen (secondary N) is 1. The Hall–Kier alpha value is -1.39. The van der Waals surface area contributed by atoms with Crippen LogP contribution in [0.3, 0.4) is 0 Å². The molecule has 21 heavy (non-hydrogen) atoms. The highest BCUT2D eigenvalue weighted by molar-refractivity contribution is 5.84. The predicted octanol–water partition coefficient (Wildman–Crippen LogP) is 2.55. The normalized spacial score (nSPS) is 23.7. The number of benzene rings is 1. The van der Waals surface area contributed by atoms with Crippen LogP contribution in [0.5, 0.6) is 0 Å². The van der Waals surface area contributed by atoms with Gasteiger partial charge < -0.3 is 9.64 Å². The first-order valence-corrected chi connectivity index (χ1v) is 7.60. The van der Waals surface area contributed by atoms with Crippen LogP contribution >= 0.6 is 0 Å². The molecule has 1 aliphatic heterocycles. The van der Waals surface area contributed by atoms with Gasteiger partial charge in [-0.3, -0.25) is 10.1 Å². The average Bonchev–Trinajstić information content (AvgIpc) is 2.75. The fourth-order valence-electron chi connectivity index (χ4n) is 2.93. The van der Waals surface area contributed by atoms with Crippen molar-refractivity contribution in [2.75, 3.05) is 13.7 Å². The number of amides is 1. The van der Waals surface area contributed by atoms with Gasteiger partial charge in [0.15, 0.2) is 0 Å². The van der Waals surface area contributed by atoms with E-state index in [0.717, 1.165) is 6.42 Å². The van der Waals surface area contributed by atoms with Crippen LogP contribution in [0.15, 0.2) is 18.2 Å². The molecule has 1 fully saturated rings. The number of methoxy groups -OCH3 is 1. The Morgan fingerprint density at radius 1 is 1.38 bits per heavy atom. The van der Waals surface area contributed by atoms with Crippen LogP contribution in [0.1, 0.15) is 43.1 Å². The summed E-state index contributed by atoms with van der Waals surface area (Å²) in [6.45, 7) is 8.88. The van der Waals surface area contributed by atoms with Gasteiger partial charge in [0.1, 0.15) is 6.17 Å². The summed E-state index contributed by atoms with van der Waals surface area (Å²) in [7, 11) is 1.70. The van der Waals surface area contributed by atoms with Crippen LogP contribution in [0, 0.1) is 13.8 Å². The highest BCUT2D eigenvalue weighted by atomic mass is 16.5. The second kappa shape index (κ2) is 6.58. The first kappa shape index (κ1) is 16.0. The van der Waals surface area contributed by atoms with E-state index in [1.54, 1.807) is 7.11 Å². The summed E-state index contributed by atoms with van der Waals surface area (Å²) in [5.74, 6) is 0.171. The molecule has 4 heteroatoms. The molecule has 1 aliphatic rings. The van der Waals surface area contributed by atoms with Gasteiger partial charge in [0.05, 0.1) is 6.04 Å². The summed E-state index contributed by atoms with van der Waals surface area (Å²) < 4.78 is 5.16. The zero-order valence-corrected chi connectivity index (χ0v) is 13.6. The minimum atomic E-state index is -0.139. The first-order chi connectivity index (χ1) is 9.95. The number of carbonyl (C=O) groups is 1. The van der Waals surface area contributed by atoms with Crippen LogP contribution in [0.2, 0.25) is 0 Å². The van der Waals surface area contributed by atoms with E-state index in [1.807, 2.05) is 11.8 Å². The average molecular weight is 290 g/mol. The van der Waals surface area contributed by atoms with E-state index in [1.165, 1.54) is 16.7 Å². The quantitative estimate of drug-likeness (QED) is 0.906. The maximum absolute atomic E-state index is 12.5. The summed E-state index contributed by atoms with van der Waals surface area (Å²) in [6.07, 6.45) is 0.803. The number of ether oxygens (including phenoxy) is 1. The second-order valence-corrected chi connectivity index (χ2v) is 6.03. The van der Waals surface area contributed by atoms with Crippen molar-refractivity contribution in [3.8, 4) is 0 Å². The minimum absolute atomic E-state index is 0.0424. The molecule has 1 aromatic carbocycles. The predicted molar refractivity (Wildman–Crippen MR) is 84.1 cm³/mol. The zero-order chi connectivity index (χ0) is 15.6. The lowest BCUT2D eigenvalue weighted by Gasteiger charge is -2.31. The van der Waals surface area contributed by atoms with Gasteiger partial charge in [0.2, 0.25) is 5.91 Å². The van der Waals surface area contributed by atoms with Crippen molar-refractivity contribution in [2.24, 2.45) is 0 Å². The van der Waals surface area contributed by atoms with Crippen LogP contribution < -0.4 is 5.32 Å². The molecule has 1 heterocycles. The van der Waals surface area contributed by atoms with Gasteiger partial charge in [-0.15, -0.1) is 0 Å². The van der Waals surface area contributed by atoms with Crippen LogP contribution in [-0.2, 0) is 9.53 Å². The van der Waals surface area contributed by atoms with E-state index in [9.17, 15) is 4.79 Å². The molecule has 0 aromatic heterocycles. The highest BCUT2D eigenvalue weighted by Crippen LogP contribution is 2.30. The van der Waals surface area contributed by atoms with E-state index in [2.05, 4.69) is 44.3 Å². The number of rotatable bonds is 5. The first-order valence-electron chi connectivity index (χ1n) is 7.60. The van der Waals surface area contributed by atoms with Crippen molar-refractivity contribution in [2.45, 2.75) is 52.4 Å². The molecule has 0 spiro atoms. The highest BCUT2D eigenvalue weighted by Gasteiger charge is 2.40. The molecule has 1 aromatic rings. The molecule has 2 rings (SSSR count). The molecule has 4 nitrogen and oxygen atoms in total. The fraction of sp³-hybridized carbons (Fsp3) is 0.588. The molecule has 1 amide bonds. The molecule has 3 unspecified atom stereocenters. The Morgan fingerprint density at radius 3 is 2.76 bits per heavy atom. The van der Waals surface area contributed by atoms with Crippen molar-refractivity contribution < 1.29 is 9.53 Å². The number of carbonyl (C=O) groups excluding carboxylic acids is 1. The van der Waals surface area contributed by atoms with Crippen molar-refractivity contribution in [3.05, 3.63) is 34.9 Å². The monoisotopic (exact) mass is 290 g/mol. The van der Waals surface area contributed by atoms with Crippen LogP contribution in [0.25, 0.3) is 0 Å². The van der Waals surface area contributed by atoms with Gasteiger partial charge in [-0.2, -0.15) is 0 Å². The summed E-state index contributed by atoms with van der Waals surface area (Å²) in [5.41, 5.74) is 3.62. The van der Waals surface area contributed by atoms with Crippen molar-refractivity contribution >= 4 is 5.91 Å². The molecule has 116 valence electrons. The Balaban J connectivity index is 2.31. The number of nitrogens with zero attached hydrogens (tertiary/aromatic N) is 1. The van der Waals surface area contributed by atoms with E-state index in [4.69, 9.17) is 4.74 Å². The topological polar surface area (TPSA) is 41.6 Å². The number of aryl methyl sites for hydroxylation is 2. The van der Waals surface area contributed by atoms with Gasteiger partial charge in [0, 0.05) is 19.8 Å². The van der Waals surface area contributed by atoms with Gasteiger partial charge >= 0.3 is 0 Å². The molecule has 3 atom stereocenters. The van der Waals surface area contributed by atoms with Gasteiger partial charge in [-0.25, -0.2) is 0 Å². The molecule has 0 bridgehead atoms. The largest absolute Gasteiger partial charge is 0.385 e. The lowest BCUT2D eigenvalue weighted by atomic mass is 10.0. The summed E-state index contributed by atoms with van der Waals surface area (Å²) in [5, 5.41) is 3.43. The lowest BCUT2D eigenvalue weighted by Crippen LogP contribution is -2.39. The standard InChI is InChI=1S/C17H26N2O2/c1-11-6-7-12(2)15(10-11)16-18-14(4)17(20)19(16)13(3)8-9-21-5/h6-7,10,13-14,16,18H,8-9H2,1-5H3. The third kappa shape index (κ3) is 3.27. The van der Waals surface area contributed by atoms with E-state index in [0.29, 0.717) is 6.61 Å². The van der Waals surface area contributed by atoms with Gasteiger partial charge in [-0.1, -0.05) is 23.8 Å². The van der Waals surface area contributed by atoms with Crippen molar-refractivity contribution in [1.29, 1.82) is 0 Å². The Kier molecular flexibility index (Phi) is 5.01. The van der Waals surface area contributed by atoms with Crippen LogP contribution in [-0.4, -0.2) is 36.6 Å². The molecular weight excluding hydrogens is 264 g/mol. The summed E-state index contributed by atoms with van der Waals surface area (Å²) in [4.78, 5) is 14.5.